The zero-order valence-electron chi connectivity index (χ0n) is 20.1. The maximum absolute atomic E-state index is 12.3. The molecule has 0 aromatic carbocycles. The smallest absolute Gasteiger partial charge is 0.199 e. The average Bonchev–Trinajstić information content (AvgIpc) is 3.31. The summed E-state index contributed by atoms with van der Waals surface area (Å²) in [5.74, 6) is 2.11. The average molecular weight is 447 g/mol. The van der Waals surface area contributed by atoms with Gasteiger partial charge < -0.3 is 18.9 Å². The number of hydrogen-bond donors (Lipinski definition) is 0. The molecule has 2 saturated heterocycles. The molecule has 2 aliphatic carbocycles. The molecule has 3 fully saturated rings. The van der Waals surface area contributed by atoms with Gasteiger partial charge in [0.25, 0.3) is 0 Å². The molecule has 2 heterocycles. The van der Waals surface area contributed by atoms with Crippen molar-refractivity contribution in [3.05, 3.63) is 23.5 Å². The van der Waals surface area contributed by atoms with E-state index in [-0.39, 0.29) is 36.3 Å². The number of rotatable bonds is 10. The van der Waals surface area contributed by atoms with Crippen molar-refractivity contribution in [2.75, 3.05) is 13.2 Å². The first kappa shape index (κ1) is 24.0. The Bertz CT molecular complexity index is 672. The topological polar surface area (TPSA) is 54.0 Å². The van der Waals surface area contributed by atoms with Gasteiger partial charge in [-0.05, 0) is 68.9 Å². The van der Waals surface area contributed by atoms with Crippen molar-refractivity contribution in [2.24, 2.45) is 17.8 Å². The fourth-order valence-corrected chi connectivity index (χ4v) is 5.64. The minimum Gasteiger partial charge on any atom is -0.469 e. The van der Waals surface area contributed by atoms with Crippen LogP contribution in [0.2, 0.25) is 0 Å². The van der Waals surface area contributed by atoms with Crippen LogP contribution in [0.3, 0.4) is 0 Å². The highest BCUT2D eigenvalue weighted by Crippen LogP contribution is 2.49. The summed E-state index contributed by atoms with van der Waals surface area (Å²) in [6, 6.07) is 0. The summed E-state index contributed by atoms with van der Waals surface area (Å²) in [4.78, 5) is 12.3. The van der Waals surface area contributed by atoms with E-state index < -0.39 is 0 Å². The third kappa shape index (κ3) is 6.24. The van der Waals surface area contributed by atoms with E-state index in [1.54, 1.807) is 0 Å². The lowest BCUT2D eigenvalue weighted by molar-refractivity contribution is -0.200. The highest BCUT2D eigenvalue weighted by Gasteiger charge is 2.48. The predicted octanol–water partition coefficient (Wildman–Crippen LogP) is 6.08. The molecule has 6 atom stereocenters. The number of hydrogen-bond acceptors (Lipinski definition) is 5. The van der Waals surface area contributed by atoms with Crippen molar-refractivity contribution in [3.63, 3.8) is 0 Å². The number of fused-ring (bicyclic) bond motifs is 1. The Hall–Kier alpha value is -1.17. The zero-order chi connectivity index (χ0) is 22.3. The summed E-state index contributed by atoms with van der Waals surface area (Å²) < 4.78 is 25.0. The fourth-order valence-electron chi connectivity index (χ4n) is 5.64. The summed E-state index contributed by atoms with van der Waals surface area (Å²) in [7, 11) is 0. The van der Waals surface area contributed by atoms with Crippen molar-refractivity contribution in [3.8, 4) is 0 Å². The first-order valence-corrected chi connectivity index (χ1v) is 13.1. The van der Waals surface area contributed by atoms with Gasteiger partial charge in [-0.3, -0.25) is 4.79 Å². The van der Waals surface area contributed by atoms with Crippen LogP contribution in [-0.2, 0) is 23.7 Å². The highest BCUT2D eigenvalue weighted by atomic mass is 16.7. The second-order valence-corrected chi connectivity index (χ2v) is 10.2. The first-order valence-electron chi connectivity index (χ1n) is 13.1. The van der Waals surface area contributed by atoms with Crippen LogP contribution in [0.25, 0.3) is 0 Å². The Labute approximate surface area is 193 Å². The normalized spacial score (nSPS) is 34.3. The van der Waals surface area contributed by atoms with Crippen LogP contribution in [0.4, 0.5) is 0 Å². The molecule has 1 saturated carbocycles. The van der Waals surface area contributed by atoms with Crippen LogP contribution in [0, 0.1) is 17.8 Å². The number of carbonyl (C=O) groups excluding carboxylic acids is 1. The van der Waals surface area contributed by atoms with Crippen molar-refractivity contribution in [1.82, 2.24) is 0 Å². The van der Waals surface area contributed by atoms with Crippen molar-refractivity contribution in [2.45, 2.75) is 110 Å². The Morgan fingerprint density at radius 3 is 2.56 bits per heavy atom. The van der Waals surface area contributed by atoms with E-state index in [2.05, 4.69) is 19.9 Å². The lowest BCUT2D eigenvalue weighted by Crippen LogP contribution is -2.34. The largest absolute Gasteiger partial charge is 0.469 e. The molecule has 4 rings (SSSR count). The fraction of sp³-hybridized carbons (Fsp3) is 0.815. The van der Waals surface area contributed by atoms with Gasteiger partial charge in [0, 0.05) is 25.4 Å². The van der Waals surface area contributed by atoms with E-state index in [4.69, 9.17) is 18.9 Å². The zero-order valence-corrected chi connectivity index (χ0v) is 20.1. The van der Waals surface area contributed by atoms with Gasteiger partial charge in [-0.25, -0.2) is 0 Å². The molecule has 2 aliphatic heterocycles. The van der Waals surface area contributed by atoms with Crippen LogP contribution < -0.4 is 0 Å². The highest BCUT2D eigenvalue weighted by molar-refractivity contribution is 5.94. The molecule has 0 spiro atoms. The third-order valence-electron chi connectivity index (χ3n) is 7.48. The molecule has 32 heavy (non-hydrogen) atoms. The summed E-state index contributed by atoms with van der Waals surface area (Å²) in [6.45, 7) is 6.11. The number of allylic oxidation sites excluding steroid dienone is 2. The molecule has 0 amide bonds. The van der Waals surface area contributed by atoms with E-state index in [0.29, 0.717) is 12.3 Å². The molecule has 0 aromatic heterocycles. The van der Waals surface area contributed by atoms with E-state index in [0.717, 1.165) is 70.3 Å². The molecule has 5 nitrogen and oxygen atoms in total. The van der Waals surface area contributed by atoms with Gasteiger partial charge in [-0.1, -0.05) is 38.7 Å². The number of ketones is 1. The maximum atomic E-state index is 12.3. The molecule has 180 valence electrons. The van der Waals surface area contributed by atoms with Gasteiger partial charge in [-0.2, -0.15) is 0 Å². The first-order chi connectivity index (χ1) is 15.6. The number of carbonyl (C=O) groups is 1. The molecular weight excluding hydrogens is 404 g/mol. The number of ether oxygens (including phenoxy) is 4. The summed E-state index contributed by atoms with van der Waals surface area (Å²) in [6.07, 6.45) is 16.3. The third-order valence-corrected chi connectivity index (χ3v) is 7.48. The monoisotopic (exact) mass is 446 g/mol. The predicted molar refractivity (Wildman–Crippen MR) is 124 cm³/mol. The van der Waals surface area contributed by atoms with Gasteiger partial charge in [0.05, 0.1) is 12.7 Å². The Morgan fingerprint density at radius 1 is 1.12 bits per heavy atom. The minimum atomic E-state index is -0.183. The second-order valence-electron chi connectivity index (χ2n) is 10.2. The summed E-state index contributed by atoms with van der Waals surface area (Å²) in [5.41, 5.74) is 1.24. The van der Waals surface area contributed by atoms with E-state index >= 15 is 0 Å². The van der Waals surface area contributed by atoms with Crippen LogP contribution >= 0.6 is 0 Å². The summed E-state index contributed by atoms with van der Waals surface area (Å²) in [5, 5.41) is 0. The Balaban J connectivity index is 1.54. The van der Waals surface area contributed by atoms with Gasteiger partial charge in [0.2, 0.25) is 0 Å². The van der Waals surface area contributed by atoms with Crippen LogP contribution in [-0.4, -0.2) is 37.7 Å². The lowest BCUT2D eigenvalue weighted by Gasteiger charge is -2.33. The molecule has 0 N–H and O–H groups in total. The van der Waals surface area contributed by atoms with Crippen LogP contribution in [0.15, 0.2) is 23.5 Å². The van der Waals surface area contributed by atoms with Gasteiger partial charge >= 0.3 is 0 Å². The van der Waals surface area contributed by atoms with E-state index in [1.807, 2.05) is 6.08 Å². The molecular formula is C27H42O5. The second kappa shape index (κ2) is 11.8. The number of unbranched alkanes of at least 4 members (excludes halogenated alkanes) is 1. The Kier molecular flexibility index (Phi) is 8.84. The van der Waals surface area contributed by atoms with Crippen molar-refractivity contribution >= 4 is 5.78 Å². The maximum Gasteiger partial charge on any atom is 0.199 e. The molecule has 4 aliphatic rings. The van der Waals surface area contributed by atoms with Gasteiger partial charge in [0.15, 0.2) is 18.4 Å². The standard InChI is InChI=1S/C27H42O5/c1-3-4-9-19(2)12-13-23(31-25-10-5-7-14-29-25)27-22-18-21(28)16-20(22)17-24(27)32-26-11-6-8-15-30-26/h13,16,19,22,24-27H,3-12,14-15,17-18H2,1-2H3/t19?,22-,24-,25?,26?,27+/m1/s1. The lowest BCUT2D eigenvalue weighted by atomic mass is 9.88. The quantitative estimate of drug-likeness (QED) is 0.381. The van der Waals surface area contributed by atoms with E-state index in [1.165, 1.54) is 24.8 Å². The van der Waals surface area contributed by atoms with Crippen molar-refractivity contribution < 1.29 is 23.7 Å². The van der Waals surface area contributed by atoms with E-state index in [9.17, 15) is 4.79 Å². The molecule has 0 aromatic rings. The van der Waals surface area contributed by atoms with Gasteiger partial charge in [0.1, 0.15) is 5.76 Å². The SMILES string of the molecule is CCCCC(C)CC=C(OC1CCCCO1)[C@@H]1[C@@H]2CC(=O)C=C2C[C@H]1OC1CCCCO1. The molecule has 0 radical (unpaired) electrons. The van der Waals surface area contributed by atoms with Gasteiger partial charge in [-0.15, -0.1) is 0 Å². The molecule has 0 bridgehead atoms. The molecule has 5 heteroatoms. The van der Waals surface area contributed by atoms with Crippen molar-refractivity contribution in [1.29, 1.82) is 0 Å². The van der Waals surface area contributed by atoms with Crippen LogP contribution in [0.1, 0.15) is 90.9 Å². The van der Waals surface area contributed by atoms with Crippen LogP contribution in [0.5, 0.6) is 0 Å². The summed E-state index contributed by atoms with van der Waals surface area (Å²) >= 11 is 0. The Morgan fingerprint density at radius 2 is 1.88 bits per heavy atom. The molecule has 3 unspecified atom stereocenters. The minimum absolute atomic E-state index is 0.00300.